The SMILES string of the molecule is CC/C=C\C/C=C\C/C=C\CCCCCCCCCC(=O)NC(CO)C(O)/C=C/CC/C=C/CC/C=C/CCCCCCCCCCCCCCCCC. The van der Waals surface area contributed by atoms with Crippen LogP contribution in [0, 0.1) is 0 Å². The maximum Gasteiger partial charge on any atom is 0.220 e. The second-order valence-electron chi connectivity index (χ2n) is 15.4. The number of hydrogen-bond acceptors (Lipinski definition) is 3. The fraction of sp³-hybridized carbons (Fsp3) is 0.740. The van der Waals surface area contributed by atoms with Crippen molar-refractivity contribution in [2.45, 2.75) is 231 Å². The van der Waals surface area contributed by atoms with Gasteiger partial charge in [-0.3, -0.25) is 4.79 Å². The Hall–Kier alpha value is -2.17. The van der Waals surface area contributed by atoms with Crippen molar-refractivity contribution in [1.29, 1.82) is 0 Å². The fourth-order valence-electron chi connectivity index (χ4n) is 6.64. The van der Waals surface area contributed by atoms with Crippen LogP contribution in [0.25, 0.3) is 0 Å². The van der Waals surface area contributed by atoms with E-state index in [9.17, 15) is 15.0 Å². The molecular weight excluding hydrogens is 663 g/mol. The van der Waals surface area contributed by atoms with Gasteiger partial charge >= 0.3 is 0 Å². The van der Waals surface area contributed by atoms with E-state index in [-0.39, 0.29) is 12.5 Å². The molecule has 0 rings (SSSR count). The fourth-order valence-corrected chi connectivity index (χ4v) is 6.64. The number of aliphatic hydroxyl groups excluding tert-OH is 2. The van der Waals surface area contributed by atoms with Gasteiger partial charge in [0.1, 0.15) is 0 Å². The molecule has 0 fully saturated rings. The van der Waals surface area contributed by atoms with Crippen molar-refractivity contribution in [3.8, 4) is 0 Å². The van der Waals surface area contributed by atoms with Gasteiger partial charge in [-0.05, 0) is 77.0 Å². The second-order valence-corrected chi connectivity index (χ2v) is 15.4. The van der Waals surface area contributed by atoms with E-state index in [1.807, 2.05) is 6.08 Å². The van der Waals surface area contributed by atoms with Gasteiger partial charge in [-0.15, -0.1) is 0 Å². The van der Waals surface area contributed by atoms with E-state index in [2.05, 4.69) is 79.9 Å². The Kier molecular flexibility index (Phi) is 43.4. The second kappa shape index (κ2) is 45.2. The Balaban J connectivity index is 3.65. The highest BCUT2D eigenvalue weighted by atomic mass is 16.3. The number of aliphatic hydroxyl groups is 2. The lowest BCUT2D eigenvalue weighted by molar-refractivity contribution is -0.123. The lowest BCUT2D eigenvalue weighted by Crippen LogP contribution is -2.45. The minimum absolute atomic E-state index is 0.0904. The van der Waals surface area contributed by atoms with Gasteiger partial charge in [0, 0.05) is 6.42 Å². The summed E-state index contributed by atoms with van der Waals surface area (Å²) in [6, 6.07) is -0.654. The quantitative estimate of drug-likeness (QED) is 0.0430. The van der Waals surface area contributed by atoms with Crippen molar-refractivity contribution in [3.63, 3.8) is 0 Å². The van der Waals surface area contributed by atoms with Crippen LogP contribution in [-0.4, -0.2) is 34.9 Å². The van der Waals surface area contributed by atoms with E-state index in [4.69, 9.17) is 0 Å². The molecule has 0 aromatic carbocycles. The summed E-state index contributed by atoms with van der Waals surface area (Å²) in [5, 5.41) is 23.0. The van der Waals surface area contributed by atoms with E-state index in [0.29, 0.717) is 6.42 Å². The molecule has 4 heteroatoms. The van der Waals surface area contributed by atoms with Gasteiger partial charge < -0.3 is 15.5 Å². The molecule has 0 aromatic heterocycles. The predicted octanol–water partition coefficient (Wildman–Crippen LogP) is 14.7. The molecule has 0 aliphatic rings. The highest BCUT2D eigenvalue weighted by Crippen LogP contribution is 2.14. The first-order valence-corrected chi connectivity index (χ1v) is 23.2. The van der Waals surface area contributed by atoms with E-state index in [1.165, 1.54) is 128 Å². The lowest BCUT2D eigenvalue weighted by atomic mass is 10.0. The van der Waals surface area contributed by atoms with Gasteiger partial charge in [-0.1, -0.05) is 209 Å². The number of unbranched alkanes of at least 4 members (excludes halogenated alkanes) is 24. The van der Waals surface area contributed by atoms with Crippen LogP contribution < -0.4 is 5.32 Å². The smallest absolute Gasteiger partial charge is 0.220 e. The summed E-state index contributed by atoms with van der Waals surface area (Å²) in [4.78, 5) is 12.4. The molecule has 312 valence electrons. The summed E-state index contributed by atoms with van der Waals surface area (Å²) >= 11 is 0. The summed E-state index contributed by atoms with van der Waals surface area (Å²) in [6.45, 7) is 4.18. The molecule has 0 saturated carbocycles. The lowest BCUT2D eigenvalue weighted by Gasteiger charge is -2.19. The average molecular weight is 752 g/mol. The van der Waals surface area contributed by atoms with Gasteiger partial charge in [-0.2, -0.15) is 0 Å². The molecule has 0 aromatic rings. The summed E-state index contributed by atoms with van der Waals surface area (Å²) in [6.07, 6.45) is 64.5. The first-order chi connectivity index (χ1) is 26.7. The van der Waals surface area contributed by atoms with Crippen molar-refractivity contribution >= 4 is 5.91 Å². The van der Waals surface area contributed by atoms with Crippen molar-refractivity contribution in [2.75, 3.05) is 6.61 Å². The summed E-state index contributed by atoms with van der Waals surface area (Å²) in [5.74, 6) is -0.0904. The third-order valence-electron chi connectivity index (χ3n) is 10.2. The Morgan fingerprint density at radius 2 is 0.833 bits per heavy atom. The van der Waals surface area contributed by atoms with Gasteiger partial charge in [0.25, 0.3) is 0 Å². The zero-order valence-corrected chi connectivity index (χ0v) is 35.7. The van der Waals surface area contributed by atoms with Crippen molar-refractivity contribution in [3.05, 3.63) is 72.9 Å². The zero-order valence-electron chi connectivity index (χ0n) is 35.7. The highest BCUT2D eigenvalue weighted by molar-refractivity contribution is 5.76. The first kappa shape index (κ1) is 51.8. The van der Waals surface area contributed by atoms with Crippen molar-refractivity contribution in [2.24, 2.45) is 0 Å². The Bertz CT molecular complexity index is 946. The zero-order chi connectivity index (χ0) is 39.3. The number of carbonyl (C=O) groups excluding carboxylic acids is 1. The van der Waals surface area contributed by atoms with E-state index < -0.39 is 12.1 Å². The van der Waals surface area contributed by atoms with Crippen LogP contribution in [0.2, 0.25) is 0 Å². The van der Waals surface area contributed by atoms with Crippen LogP contribution in [0.1, 0.15) is 219 Å². The van der Waals surface area contributed by atoms with E-state index >= 15 is 0 Å². The standard InChI is InChI=1S/C50H89NO3/c1-3-5-7-9-11-13-15-17-19-21-22-23-24-25-26-27-28-30-31-33-35-37-39-41-43-45-49(53)48(47-52)51-50(54)46-44-42-40-38-36-34-32-29-20-18-16-14-12-10-8-6-4-2/h6,8,12,14,18,20,28,30,35,37,43,45,48-49,52-53H,3-5,7,9-11,13,15-17,19,21-27,29,31-34,36,38-42,44,46-47H2,1-2H3,(H,51,54)/b8-6-,14-12-,20-18-,30-28+,37-35+,45-43+. The largest absolute Gasteiger partial charge is 0.394 e. The molecule has 0 bridgehead atoms. The van der Waals surface area contributed by atoms with Crippen LogP contribution in [0.5, 0.6) is 0 Å². The molecule has 4 nitrogen and oxygen atoms in total. The van der Waals surface area contributed by atoms with Crippen LogP contribution in [-0.2, 0) is 4.79 Å². The molecule has 2 unspecified atom stereocenters. The molecular formula is C50H89NO3. The predicted molar refractivity (Wildman–Crippen MR) is 239 cm³/mol. The topological polar surface area (TPSA) is 69.6 Å². The highest BCUT2D eigenvalue weighted by Gasteiger charge is 2.17. The number of hydrogen-bond donors (Lipinski definition) is 3. The average Bonchev–Trinajstić information content (AvgIpc) is 3.18. The number of allylic oxidation sites excluding steroid dienone is 11. The van der Waals surface area contributed by atoms with Gasteiger partial charge in [0.15, 0.2) is 0 Å². The molecule has 0 spiro atoms. The van der Waals surface area contributed by atoms with Crippen molar-refractivity contribution < 1.29 is 15.0 Å². The van der Waals surface area contributed by atoms with Crippen molar-refractivity contribution in [1.82, 2.24) is 5.32 Å². The molecule has 3 N–H and O–H groups in total. The minimum Gasteiger partial charge on any atom is -0.394 e. The maximum atomic E-state index is 12.4. The summed E-state index contributed by atoms with van der Waals surface area (Å²) in [5.41, 5.74) is 0. The Labute approximate surface area is 336 Å². The molecule has 0 saturated heterocycles. The molecule has 0 aliphatic carbocycles. The Morgan fingerprint density at radius 3 is 1.30 bits per heavy atom. The number of carbonyl (C=O) groups is 1. The molecule has 2 atom stereocenters. The monoisotopic (exact) mass is 752 g/mol. The minimum atomic E-state index is -0.878. The number of nitrogens with one attached hydrogen (secondary N) is 1. The maximum absolute atomic E-state index is 12.4. The summed E-state index contributed by atoms with van der Waals surface area (Å²) in [7, 11) is 0. The third-order valence-corrected chi connectivity index (χ3v) is 10.2. The van der Waals surface area contributed by atoms with Gasteiger partial charge in [-0.25, -0.2) is 0 Å². The first-order valence-electron chi connectivity index (χ1n) is 23.2. The molecule has 0 heterocycles. The van der Waals surface area contributed by atoms with Gasteiger partial charge in [0.2, 0.25) is 5.91 Å². The van der Waals surface area contributed by atoms with Crippen LogP contribution in [0.3, 0.4) is 0 Å². The molecule has 1 amide bonds. The Morgan fingerprint density at radius 1 is 0.463 bits per heavy atom. The summed E-state index contributed by atoms with van der Waals surface area (Å²) < 4.78 is 0. The third kappa shape index (κ3) is 41.0. The molecule has 54 heavy (non-hydrogen) atoms. The normalized spacial score (nSPS) is 13.6. The van der Waals surface area contributed by atoms with Gasteiger partial charge in [0.05, 0.1) is 18.8 Å². The van der Waals surface area contributed by atoms with E-state index in [1.54, 1.807) is 6.08 Å². The van der Waals surface area contributed by atoms with Crippen LogP contribution in [0.15, 0.2) is 72.9 Å². The van der Waals surface area contributed by atoms with Crippen LogP contribution >= 0.6 is 0 Å². The molecule has 0 aliphatic heterocycles. The molecule has 0 radical (unpaired) electrons. The van der Waals surface area contributed by atoms with Crippen LogP contribution in [0.4, 0.5) is 0 Å². The number of rotatable bonds is 41. The van der Waals surface area contributed by atoms with E-state index in [0.717, 1.165) is 70.6 Å². The number of amides is 1.